The van der Waals surface area contributed by atoms with Crippen molar-refractivity contribution in [2.45, 2.75) is 31.8 Å². The predicted octanol–water partition coefficient (Wildman–Crippen LogP) is 3.27. The van der Waals surface area contributed by atoms with Crippen molar-refractivity contribution in [3.05, 3.63) is 28.9 Å². The average molecular weight is 324 g/mol. The minimum Gasteiger partial charge on any atom is -0.489 e. The summed E-state index contributed by atoms with van der Waals surface area (Å²) >= 11 is 6.13. The maximum absolute atomic E-state index is 11.0. The molecule has 2 N–H and O–H groups in total. The Bertz CT molecular complexity index is 682. The first-order chi connectivity index (χ1) is 10.6. The van der Waals surface area contributed by atoms with Crippen molar-refractivity contribution >= 4 is 17.6 Å². The Hall–Kier alpha value is -2.28. The first-order valence-corrected chi connectivity index (χ1v) is 7.29. The normalized spacial score (nSPS) is 15.0. The standard InChI is InChI=1S/C14H14ClN3O4/c15-10-6-5-9(7-11(10)21-8-3-1-2-4-8)22-13-12(14(19)20)16-18-17-13/h5-8H,1-4H2,(H,19,20)(H,16,17,18). The molecule has 8 heteroatoms. The first-order valence-electron chi connectivity index (χ1n) is 6.92. The van der Waals surface area contributed by atoms with E-state index in [2.05, 4.69) is 15.4 Å². The Labute approximate surface area is 131 Å². The van der Waals surface area contributed by atoms with Crippen LogP contribution in [0.3, 0.4) is 0 Å². The SMILES string of the molecule is O=C(O)c1[nH]nnc1Oc1ccc(Cl)c(OC2CCCC2)c1. The van der Waals surface area contributed by atoms with Gasteiger partial charge in [0.1, 0.15) is 11.5 Å². The van der Waals surface area contributed by atoms with Gasteiger partial charge in [-0.25, -0.2) is 9.89 Å². The number of nitrogens with one attached hydrogen (secondary N) is 1. The lowest BCUT2D eigenvalue weighted by atomic mass is 10.3. The number of hydrogen-bond donors (Lipinski definition) is 2. The summed E-state index contributed by atoms with van der Waals surface area (Å²) in [5, 5.41) is 18.8. The highest BCUT2D eigenvalue weighted by atomic mass is 35.5. The average Bonchev–Trinajstić information content (AvgIpc) is 3.14. The molecule has 0 amide bonds. The molecule has 0 unspecified atom stereocenters. The predicted molar refractivity (Wildman–Crippen MR) is 77.8 cm³/mol. The molecule has 3 rings (SSSR count). The molecule has 1 aromatic carbocycles. The second-order valence-corrected chi connectivity index (χ2v) is 5.42. The lowest BCUT2D eigenvalue weighted by Crippen LogP contribution is -2.11. The van der Waals surface area contributed by atoms with E-state index in [1.54, 1.807) is 18.2 Å². The third-order valence-corrected chi connectivity index (χ3v) is 3.76. The summed E-state index contributed by atoms with van der Waals surface area (Å²) in [6.07, 6.45) is 4.48. The molecule has 1 aliphatic rings. The second-order valence-electron chi connectivity index (χ2n) is 5.02. The van der Waals surface area contributed by atoms with Crippen molar-refractivity contribution in [2.24, 2.45) is 0 Å². The van der Waals surface area contributed by atoms with Crippen molar-refractivity contribution in [2.75, 3.05) is 0 Å². The maximum atomic E-state index is 11.0. The summed E-state index contributed by atoms with van der Waals surface area (Å²) < 4.78 is 11.3. The fourth-order valence-electron chi connectivity index (χ4n) is 2.36. The van der Waals surface area contributed by atoms with Crippen LogP contribution < -0.4 is 9.47 Å². The molecule has 1 aromatic heterocycles. The number of aromatic amines is 1. The number of carboxylic acids is 1. The molecule has 1 aliphatic carbocycles. The van der Waals surface area contributed by atoms with Gasteiger partial charge in [0.25, 0.3) is 5.88 Å². The van der Waals surface area contributed by atoms with Crippen LogP contribution in [0.2, 0.25) is 5.02 Å². The van der Waals surface area contributed by atoms with E-state index in [9.17, 15) is 4.79 Å². The number of carbonyl (C=O) groups is 1. The summed E-state index contributed by atoms with van der Waals surface area (Å²) in [7, 11) is 0. The lowest BCUT2D eigenvalue weighted by molar-refractivity contribution is 0.0687. The van der Waals surface area contributed by atoms with E-state index in [1.165, 1.54) is 0 Å². The third kappa shape index (κ3) is 3.14. The van der Waals surface area contributed by atoms with Gasteiger partial charge >= 0.3 is 5.97 Å². The molecule has 0 radical (unpaired) electrons. The summed E-state index contributed by atoms with van der Waals surface area (Å²) in [6, 6.07) is 4.88. The number of ether oxygens (including phenoxy) is 2. The summed E-state index contributed by atoms with van der Waals surface area (Å²) in [4.78, 5) is 11.0. The Kier molecular flexibility index (Phi) is 4.15. The van der Waals surface area contributed by atoms with Crippen LogP contribution >= 0.6 is 11.6 Å². The van der Waals surface area contributed by atoms with Gasteiger partial charge in [0.05, 0.1) is 11.1 Å². The molecule has 0 spiro atoms. The minimum absolute atomic E-state index is 0.110. The van der Waals surface area contributed by atoms with Crippen molar-refractivity contribution in [3.63, 3.8) is 0 Å². The number of hydrogen-bond acceptors (Lipinski definition) is 5. The molecule has 0 atom stereocenters. The molecule has 7 nitrogen and oxygen atoms in total. The molecule has 0 saturated heterocycles. The van der Waals surface area contributed by atoms with E-state index in [-0.39, 0.29) is 17.7 Å². The van der Waals surface area contributed by atoms with Crippen LogP contribution in [-0.2, 0) is 0 Å². The van der Waals surface area contributed by atoms with Crippen LogP contribution in [0.4, 0.5) is 0 Å². The highest BCUT2D eigenvalue weighted by molar-refractivity contribution is 6.32. The number of halogens is 1. The van der Waals surface area contributed by atoms with Crippen LogP contribution in [0.1, 0.15) is 36.2 Å². The number of aromatic nitrogens is 3. The van der Waals surface area contributed by atoms with E-state index >= 15 is 0 Å². The van der Waals surface area contributed by atoms with E-state index in [1.807, 2.05) is 0 Å². The van der Waals surface area contributed by atoms with Crippen LogP contribution in [-0.4, -0.2) is 32.6 Å². The number of carboxylic acid groups (broad SMARTS) is 1. The van der Waals surface area contributed by atoms with Gasteiger partial charge in [-0.2, -0.15) is 0 Å². The van der Waals surface area contributed by atoms with Crippen molar-refractivity contribution < 1.29 is 19.4 Å². The topological polar surface area (TPSA) is 97.3 Å². The highest BCUT2D eigenvalue weighted by Gasteiger charge is 2.20. The molecule has 2 aromatic rings. The van der Waals surface area contributed by atoms with E-state index in [4.69, 9.17) is 26.2 Å². The fraction of sp³-hybridized carbons (Fsp3) is 0.357. The summed E-state index contributed by atoms with van der Waals surface area (Å²) in [5.74, 6) is -0.404. The van der Waals surface area contributed by atoms with Gasteiger partial charge in [-0.05, 0) is 37.8 Å². The van der Waals surface area contributed by atoms with E-state index in [0.717, 1.165) is 25.7 Å². The molecule has 1 heterocycles. The first kappa shape index (κ1) is 14.6. The van der Waals surface area contributed by atoms with Crippen molar-refractivity contribution in [3.8, 4) is 17.4 Å². The van der Waals surface area contributed by atoms with Gasteiger partial charge in [-0.15, -0.1) is 0 Å². The van der Waals surface area contributed by atoms with Gasteiger partial charge in [0.2, 0.25) is 5.69 Å². The third-order valence-electron chi connectivity index (χ3n) is 3.44. The quantitative estimate of drug-likeness (QED) is 0.876. The largest absolute Gasteiger partial charge is 0.489 e. The number of aromatic carboxylic acids is 1. The molecule has 0 aliphatic heterocycles. The lowest BCUT2D eigenvalue weighted by Gasteiger charge is -2.15. The van der Waals surface area contributed by atoms with Crippen LogP contribution in [0, 0.1) is 0 Å². The zero-order chi connectivity index (χ0) is 15.5. The Morgan fingerprint density at radius 3 is 2.86 bits per heavy atom. The zero-order valence-corrected chi connectivity index (χ0v) is 12.3. The molecule has 1 saturated carbocycles. The number of rotatable bonds is 5. The minimum atomic E-state index is -1.20. The molecule has 116 valence electrons. The summed E-state index contributed by atoms with van der Waals surface area (Å²) in [5.41, 5.74) is -0.215. The smallest absolute Gasteiger partial charge is 0.359 e. The Morgan fingerprint density at radius 1 is 1.36 bits per heavy atom. The maximum Gasteiger partial charge on any atom is 0.359 e. The van der Waals surface area contributed by atoms with Gasteiger partial charge in [0.15, 0.2) is 0 Å². The molecular weight excluding hydrogens is 310 g/mol. The molecule has 0 bridgehead atoms. The van der Waals surface area contributed by atoms with Crippen LogP contribution in [0.15, 0.2) is 18.2 Å². The van der Waals surface area contributed by atoms with Crippen molar-refractivity contribution in [1.82, 2.24) is 15.4 Å². The molecule has 1 fully saturated rings. The monoisotopic (exact) mass is 323 g/mol. The van der Waals surface area contributed by atoms with E-state index < -0.39 is 5.97 Å². The number of benzene rings is 1. The molecule has 22 heavy (non-hydrogen) atoms. The second kappa shape index (κ2) is 6.23. The zero-order valence-electron chi connectivity index (χ0n) is 11.6. The number of H-pyrrole nitrogens is 1. The highest BCUT2D eigenvalue weighted by Crippen LogP contribution is 2.34. The van der Waals surface area contributed by atoms with Crippen LogP contribution in [0.25, 0.3) is 0 Å². The number of nitrogens with zero attached hydrogens (tertiary/aromatic N) is 2. The van der Waals surface area contributed by atoms with Crippen LogP contribution in [0.5, 0.6) is 17.4 Å². The summed E-state index contributed by atoms with van der Waals surface area (Å²) in [6.45, 7) is 0. The Balaban J connectivity index is 1.79. The molecular formula is C14H14ClN3O4. The van der Waals surface area contributed by atoms with Gasteiger partial charge in [0, 0.05) is 6.07 Å². The Morgan fingerprint density at radius 2 is 2.14 bits per heavy atom. The van der Waals surface area contributed by atoms with E-state index in [0.29, 0.717) is 16.5 Å². The van der Waals surface area contributed by atoms with Gasteiger partial charge in [-0.1, -0.05) is 21.9 Å². The fourth-order valence-corrected chi connectivity index (χ4v) is 2.53. The van der Waals surface area contributed by atoms with Crippen molar-refractivity contribution in [1.29, 1.82) is 0 Å². The van der Waals surface area contributed by atoms with Gasteiger partial charge < -0.3 is 14.6 Å². The van der Waals surface area contributed by atoms with Gasteiger partial charge in [-0.3, -0.25) is 0 Å².